The van der Waals surface area contributed by atoms with Gasteiger partial charge in [0.25, 0.3) is 0 Å². The second-order valence-electron chi connectivity index (χ2n) is 6.03. The van der Waals surface area contributed by atoms with Crippen LogP contribution in [0.15, 0.2) is 48.5 Å². The highest BCUT2D eigenvalue weighted by Gasteiger charge is 2.17. The first-order valence-electron chi connectivity index (χ1n) is 8.11. The first-order valence-corrected chi connectivity index (χ1v) is 8.11. The van der Waals surface area contributed by atoms with Gasteiger partial charge in [-0.1, -0.05) is 44.2 Å². The number of anilines is 1. The summed E-state index contributed by atoms with van der Waals surface area (Å²) >= 11 is 0. The summed E-state index contributed by atoms with van der Waals surface area (Å²) < 4.78 is 6.32. The standard InChI is InChI=1S/C20H27NO/c1-6-21(18-10-8-7-9-11-18)17(5)22-20-14-16(4)12-13-19(20)15(2)3/h7-15,17H,6H2,1-5H3. The van der Waals surface area contributed by atoms with Gasteiger partial charge in [0.1, 0.15) is 5.75 Å². The molecule has 0 aliphatic rings. The van der Waals surface area contributed by atoms with Crippen molar-refractivity contribution in [1.29, 1.82) is 0 Å². The van der Waals surface area contributed by atoms with Gasteiger partial charge in [0.2, 0.25) is 0 Å². The molecule has 0 aliphatic heterocycles. The van der Waals surface area contributed by atoms with Crippen LogP contribution in [-0.4, -0.2) is 12.8 Å². The van der Waals surface area contributed by atoms with E-state index in [1.165, 1.54) is 16.8 Å². The Balaban J connectivity index is 2.24. The Bertz CT molecular complexity index is 592. The van der Waals surface area contributed by atoms with E-state index in [1.54, 1.807) is 0 Å². The second-order valence-corrected chi connectivity index (χ2v) is 6.03. The van der Waals surface area contributed by atoms with Crippen LogP contribution in [0.1, 0.15) is 44.7 Å². The molecule has 2 aromatic carbocycles. The Labute approximate surface area is 134 Å². The number of hydrogen-bond donors (Lipinski definition) is 0. The van der Waals surface area contributed by atoms with Gasteiger partial charge in [-0.25, -0.2) is 0 Å². The lowest BCUT2D eigenvalue weighted by Crippen LogP contribution is -2.37. The van der Waals surface area contributed by atoms with Gasteiger partial charge in [0.05, 0.1) is 0 Å². The van der Waals surface area contributed by atoms with E-state index in [4.69, 9.17) is 4.74 Å². The van der Waals surface area contributed by atoms with E-state index in [-0.39, 0.29) is 6.23 Å². The lowest BCUT2D eigenvalue weighted by molar-refractivity contribution is 0.213. The fourth-order valence-electron chi connectivity index (χ4n) is 2.74. The SMILES string of the molecule is CCN(c1ccccc1)C(C)Oc1cc(C)ccc1C(C)C. The molecular formula is C20H27NO. The summed E-state index contributed by atoms with van der Waals surface area (Å²) in [5, 5.41) is 0. The third-order valence-electron chi connectivity index (χ3n) is 3.96. The summed E-state index contributed by atoms with van der Waals surface area (Å²) in [6, 6.07) is 16.9. The third-order valence-corrected chi connectivity index (χ3v) is 3.96. The van der Waals surface area contributed by atoms with E-state index < -0.39 is 0 Å². The van der Waals surface area contributed by atoms with Crippen LogP contribution in [0.2, 0.25) is 0 Å². The smallest absolute Gasteiger partial charge is 0.169 e. The Morgan fingerprint density at radius 3 is 2.27 bits per heavy atom. The number of aryl methyl sites for hydroxylation is 1. The van der Waals surface area contributed by atoms with Gasteiger partial charge in [-0.3, -0.25) is 0 Å². The van der Waals surface area contributed by atoms with Crippen molar-refractivity contribution in [2.75, 3.05) is 11.4 Å². The molecule has 0 heterocycles. The molecule has 1 unspecified atom stereocenters. The molecule has 22 heavy (non-hydrogen) atoms. The van der Waals surface area contributed by atoms with Crippen molar-refractivity contribution in [2.24, 2.45) is 0 Å². The molecule has 0 radical (unpaired) electrons. The normalized spacial score (nSPS) is 12.3. The molecule has 0 bridgehead atoms. The number of rotatable bonds is 6. The molecule has 0 aliphatic carbocycles. The zero-order valence-corrected chi connectivity index (χ0v) is 14.3. The molecule has 0 amide bonds. The fourth-order valence-corrected chi connectivity index (χ4v) is 2.74. The monoisotopic (exact) mass is 297 g/mol. The van der Waals surface area contributed by atoms with E-state index in [0.717, 1.165) is 12.3 Å². The molecule has 0 saturated carbocycles. The molecule has 0 aromatic heterocycles. The fraction of sp³-hybridized carbons (Fsp3) is 0.400. The largest absolute Gasteiger partial charge is 0.471 e. The Morgan fingerprint density at radius 2 is 1.68 bits per heavy atom. The Morgan fingerprint density at radius 1 is 1.00 bits per heavy atom. The Hall–Kier alpha value is -1.96. The van der Waals surface area contributed by atoms with Crippen LogP contribution in [-0.2, 0) is 0 Å². The summed E-state index contributed by atoms with van der Waals surface area (Å²) in [6.07, 6.45) is -0.00769. The van der Waals surface area contributed by atoms with Crippen molar-refractivity contribution in [3.63, 3.8) is 0 Å². The highest BCUT2D eigenvalue weighted by molar-refractivity contribution is 5.47. The Kier molecular flexibility index (Phi) is 5.48. The van der Waals surface area contributed by atoms with Crippen LogP contribution < -0.4 is 9.64 Å². The van der Waals surface area contributed by atoms with Crippen molar-refractivity contribution in [3.8, 4) is 5.75 Å². The molecule has 1 atom stereocenters. The molecule has 0 fully saturated rings. The van der Waals surface area contributed by atoms with Crippen LogP contribution in [0.3, 0.4) is 0 Å². The van der Waals surface area contributed by atoms with Crippen molar-refractivity contribution >= 4 is 5.69 Å². The maximum Gasteiger partial charge on any atom is 0.169 e. The molecule has 2 rings (SSSR count). The highest BCUT2D eigenvalue weighted by Crippen LogP contribution is 2.29. The quantitative estimate of drug-likeness (QED) is 0.665. The summed E-state index contributed by atoms with van der Waals surface area (Å²) in [6.45, 7) is 11.7. The first-order chi connectivity index (χ1) is 10.5. The average Bonchev–Trinajstić information content (AvgIpc) is 2.48. The van der Waals surface area contributed by atoms with Crippen molar-refractivity contribution in [1.82, 2.24) is 0 Å². The zero-order valence-electron chi connectivity index (χ0n) is 14.3. The van der Waals surface area contributed by atoms with Gasteiger partial charge in [-0.05, 0) is 56.0 Å². The molecule has 2 nitrogen and oxygen atoms in total. The van der Waals surface area contributed by atoms with Crippen molar-refractivity contribution in [2.45, 2.75) is 46.8 Å². The van der Waals surface area contributed by atoms with Gasteiger partial charge < -0.3 is 9.64 Å². The molecule has 0 spiro atoms. The van der Waals surface area contributed by atoms with Crippen molar-refractivity contribution in [3.05, 3.63) is 59.7 Å². The number of ether oxygens (including phenoxy) is 1. The first kappa shape index (κ1) is 16.4. The van der Waals surface area contributed by atoms with E-state index in [1.807, 2.05) is 6.07 Å². The zero-order chi connectivity index (χ0) is 16.1. The second kappa shape index (κ2) is 7.35. The minimum Gasteiger partial charge on any atom is -0.471 e. The van der Waals surface area contributed by atoms with Gasteiger partial charge in [0, 0.05) is 12.2 Å². The lowest BCUT2D eigenvalue weighted by Gasteiger charge is -2.31. The molecule has 118 valence electrons. The van der Waals surface area contributed by atoms with E-state index in [2.05, 4.69) is 82.0 Å². The summed E-state index contributed by atoms with van der Waals surface area (Å²) in [4.78, 5) is 2.27. The lowest BCUT2D eigenvalue weighted by atomic mass is 10.0. The van der Waals surface area contributed by atoms with Crippen LogP contribution in [0.4, 0.5) is 5.69 Å². The van der Waals surface area contributed by atoms with Crippen LogP contribution in [0, 0.1) is 6.92 Å². The maximum atomic E-state index is 6.32. The van der Waals surface area contributed by atoms with Gasteiger partial charge in [0.15, 0.2) is 6.23 Å². The topological polar surface area (TPSA) is 12.5 Å². The third kappa shape index (κ3) is 3.82. The van der Waals surface area contributed by atoms with Crippen molar-refractivity contribution < 1.29 is 4.74 Å². The molecular weight excluding hydrogens is 270 g/mol. The average molecular weight is 297 g/mol. The van der Waals surface area contributed by atoms with E-state index in [9.17, 15) is 0 Å². The predicted octanol–water partition coefficient (Wildman–Crippen LogP) is 5.37. The molecule has 0 N–H and O–H groups in total. The minimum absolute atomic E-state index is 0.00769. The van der Waals surface area contributed by atoms with E-state index in [0.29, 0.717) is 5.92 Å². The number of para-hydroxylation sites is 1. The number of nitrogens with zero attached hydrogens (tertiary/aromatic N) is 1. The predicted molar refractivity (Wildman–Crippen MR) is 94.8 cm³/mol. The maximum absolute atomic E-state index is 6.32. The highest BCUT2D eigenvalue weighted by atomic mass is 16.5. The minimum atomic E-state index is -0.00769. The molecule has 2 heteroatoms. The van der Waals surface area contributed by atoms with Crippen LogP contribution in [0.25, 0.3) is 0 Å². The number of hydrogen-bond acceptors (Lipinski definition) is 2. The van der Waals surface area contributed by atoms with Crippen LogP contribution in [0.5, 0.6) is 5.75 Å². The van der Waals surface area contributed by atoms with Crippen LogP contribution >= 0.6 is 0 Å². The van der Waals surface area contributed by atoms with Gasteiger partial charge >= 0.3 is 0 Å². The van der Waals surface area contributed by atoms with Gasteiger partial charge in [-0.15, -0.1) is 0 Å². The summed E-state index contributed by atoms with van der Waals surface area (Å²) in [7, 11) is 0. The molecule has 0 saturated heterocycles. The summed E-state index contributed by atoms with van der Waals surface area (Å²) in [5.41, 5.74) is 3.69. The summed E-state index contributed by atoms with van der Waals surface area (Å²) in [5.74, 6) is 1.45. The van der Waals surface area contributed by atoms with Gasteiger partial charge in [-0.2, -0.15) is 0 Å². The van der Waals surface area contributed by atoms with E-state index >= 15 is 0 Å². The molecule has 2 aromatic rings. The number of benzene rings is 2.